The van der Waals surface area contributed by atoms with E-state index in [2.05, 4.69) is 149 Å². The lowest BCUT2D eigenvalue weighted by atomic mass is 10.0. The van der Waals surface area contributed by atoms with Crippen molar-refractivity contribution in [2.45, 2.75) is 0 Å². The van der Waals surface area contributed by atoms with E-state index in [1.807, 2.05) is 78.9 Å². The van der Waals surface area contributed by atoms with Gasteiger partial charge in [-0.1, -0.05) is 152 Å². The van der Waals surface area contributed by atoms with E-state index in [1.165, 1.54) is 38.1 Å². The van der Waals surface area contributed by atoms with Gasteiger partial charge in [0, 0.05) is 49.6 Å². The third-order valence-electron chi connectivity index (χ3n) is 12.4. The van der Waals surface area contributed by atoms with Crippen LogP contribution in [-0.2, 0) is 0 Å². The van der Waals surface area contributed by atoms with Crippen LogP contribution in [0.5, 0.6) is 0 Å². The number of nitrogens with zero attached hydrogens (tertiary/aromatic N) is 6. The van der Waals surface area contributed by atoms with Crippen LogP contribution in [-0.4, -0.2) is 29.1 Å². The summed E-state index contributed by atoms with van der Waals surface area (Å²) in [5.41, 5.74) is 13.8. The summed E-state index contributed by atoms with van der Waals surface area (Å²) < 4.78 is 11.3. The summed E-state index contributed by atoms with van der Waals surface area (Å²) in [6, 6.07) is 75.9. The number of para-hydroxylation sites is 4. The summed E-state index contributed by atoms with van der Waals surface area (Å²) in [5.74, 6) is 2.20. The highest BCUT2D eigenvalue weighted by Crippen LogP contribution is 2.42. The van der Waals surface area contributed by atoms with Gasteiger partial charge in [-0.05, 0) is 77.9 Å². The zero-order valence-electron chi connectivity index (χ0n) is 34.9. The monoisotopic (exact) mass is 832 g/mol. The van der Waals surface area contributed by atoms with E-state index < -0.39 is 0 Å². The number of rotatable bonds is 7. The molecule has 13 rings (SSSR count). The van der Waals surface area contributed by atoms with Crippen LogP contribution in [0.1, 0.15) is 0 Å². The highest BCUT2D eigenvalue weighted by molar-refractivity contribution is 6.23. The van der Waals surface area contributed by atoms with Gasteiger partial charge in [-0.2, -0.15) is 0 Å². The number of benzene rings is 9. The minimum absolute atomic E-state index is 0.511. The Labute approximate surface area is 373 Å². The van der Waals surface area contributed by atoms with Gasteiger partial charge < -0.3 is 13.6 Å². The first-order valence-electron chi connectivity index (χ1n) is 21.7. The van der Waals surface area contributed by atoms with Crippen molar-refractivity contribution in [1.29, 1.82) is 0 Å². The van der Waals surface area contributed by atoms with Crippen molar-refractivity contribution in [2.24, 2.45) is 0 Å². The Morgan fingerprint density at radius 3 is 1.49 bits per heavy atom. The van der Waals surface area contributed by atoms with Gasteiger partial charge in [0.1, 0.15) is 5.52 Å². The van der Waals surface area contributed by atoms with E-state index in [0.717, 1.165) is 55.8 Å². The van der Waals surface area contributed by atoms with Crippen molar-refractivity contribution in [1.82, 2.24) is 29.1 Å². The molecule has 65 heavy (non-hydrogen) atoms. The number of hydrogen-bond donors (Lipinski definition) is 0. The highest BCUT2D eigenvalue weighted by atomic mass is 16.3. The number of oxazole rings is 1. The summed E-state index contributed by atoms with van der Waals surface area (Å²) in [6.45, 7) is 0. The quantitative estimate of drug-likeness (QED) is 0.160. The van der Waals surface area contributed by atoms with Crippen LogP contribution in [0.25, 0.3) is 123 Å². The minimum Gasteiger partial charge on any atom is -0.435 e. The normalized spacial score (nSPS) is 11.7. The van der Waals surface area contributed by atoms with E-state index in [0.29, 0.717) is 28.9 Å². The Morgan fingerprint density at radius 2 is 0.831 bits per heavy atom. The summed E-state index contributed by atoms with van der Waals surface area (Å²) in [5, 5.41) is 4.89. The molecule has 0 aliphatic carbocycles. The first kappa shape index (κ1) is 36.7. The second kappa shape index (κ2) is 14.9. The molecular formula is C58H36N6O. The van der Waals surface area contributed by atoms with E-state index in [-0.39, 0.29) is 0 Å². The van der Waals surface area contributed by atoms with E-state index in [4.69, 9.17) is 24.4 Å². The van der Waals surface area contributed by atoms with E-state index >= 15 is 0 Å². The number of aromatic nitrogens is 6. The summed E-state index contributed by atoms with van der Waals surface area (Å²) in [6.07, 6.45) is 0. The zero-order chi connectivity index (χ0) is 42.8. The van der Waals surface area contributed by atoms with Gasteiger partial charge in [-0.3, -0.25) is 0 Å². The van der Waals surface area contributed by atoms with Crippen molar-refractivity contribution in [3.63, 3.8) is 0 Å². The first-order chi connectivity index (χ1) is 32.2. The maximum atomic E-state index is 6.44. The van der Waals surface area contributed by atoms with E-state index in [1.54, 1.807) is 0 Å². The van der Waals surface area contributed by atoms with Gasteiger partial charge in [0.2, 0.25) is 5.89 Å². The predicted molar refractivity (Wildman–Crippen MR) is 263 cm³/mol. The molecule has 304 valence electrons. The van der Waals surface area contributed by atoms with Crippen LogP contribution in [0.15, 0.2) is 223 Å². The summed E-state index contributed by atoms with van der Waals surface area (Å²) >= 11 is 0. The van der Waals surface area contributed by atoms with E-state index in [9.17, 15) is 0 Å². The van der Waals surface area contributed by atoms with Crippen molar-refractivity contribution in [2.75, 3.05) is 0 Å². The number of hydrogen-bond acceptors (Lipinski definition) is 5. The molecule has 0 fully saturated rings. The lowest BCUT2D eigenvalue weighted by Crippen LogP contribution is -2.00. The lowest BCUT2D eigenvalue weighted by molar-refractivity contribution is 0.620. The molecule has 0 amide bonds. The molecule has 0 aliphatic rings. The Morgan fingerprint density at radius 1 is 0.323 bits per heavy atom. The molecular weight excluding hydrogens is 797 g/mol. The van der Waals surface area contributed by atoms with Crippen LogP contribution < -0.4 is 0 Å². The maximum Gasteiger partial charge on any atom is 0.227 e. The molecule has 0 saturated heterocycles. The minimum atomic E-state index is 0.511. The van der Waals surface area contributed by atoms with Crippen molar-refractivity contribution in [3.8, 4) is 68.1 Å². The molecule has 0 radical (unpaired) electrons. The van der Waals surface area contributed by atoms with Crippen molar-refractivity contribution < 1.29 is 4.42 Å². The van der Waals surface area contributed by atoms with Gasteiger partial charge in [-0.25, -0.2) is 19.9 Å². The Balaban J connectivity index is 0.939. The lowest BCUT2D eigenvalue weighted by Gasteiger charge is -2.13. The average molecular weight is 833 g/mol. The van der Waals surface area contributed by atoms with Crippen LogP contribution >= 0.6 is 0 Å². The smallest absolute Gasteiger partial charge is 0.227 e. The molecule has 0 bridgehead atoms. The molecule has 0 unspecified atom stereocenters. The average Bonchev–Trinajstić information content (AvgIpc) is 4.08. The molecule has 0 atom stereocenters. The molecule has 4 aromatic heterocycles. The summed E-state index contributed by atoms with van der Waals surface area (Å²) in [7, 11) is 0. The molecule has 0 spiro atoms. The van der Waals surface area contributed by atoms with Crippen LogP contribution in [0.2, 0.25) is 0 Å². The Kier molecular flexibility index (Phi) is 8.39. The van der Waals surface area contributed by atoms with Gasteiger partial charge in [0.15, 0.2) is 23.1 Å². The predicted octanol–water partition coefficient (Wildman–Crippen LogP) is 14.5. The topological polar surface area (TPSA) is 74.6 Å². The van der Waals surface area contributed by atoms with Crippen molar-refractivity contribution in [3.05, 3.63) is 218 Å². The van der Waals surface area contributed by atoms with Gasteiger partial charge >= 0.3 is 0 Å². The molecule has 4 heterocycles. The third-order valence-corrected chi connectivity index (χ3v) is 12.4. The second-order valence-electron chi connectivity index (χ2n) is 16.2. The molecule has 0 N–H and O–H groups in total. The van der Waals surface area contributed by atoms with Crippen molar-refractivity contribution >= 4 is 54.7 Å². The zero-order valence-corrected chi connectivity index (χ0v) is 34.9. The van der Waals surface area contributed by atoms with Gasteiger partial charge in [0.25, 0.3) is 0 Å². The number of fused-ring (bicyclic) bond motifs is 8. The SMILES string of the molecule is c1ccc(-c2nc(-c3cccc(-c4ccc(-n5c6ccccc6c6ccc7c8ccccc8n(-c8ccccc8)c7c65)cc4)c3)nc(-c3cccc4nc(-c5ccccc5)oc34)n2)cc1. The fourth-order valence-corrected chi connectivity index (χ4v) is 9.43. The largest absolute Gasteiger partial charge is 0.435 e. The second-order valence-corrected chi connectivity index (χ2v) is 16.2. The van der Waals surface area contributed by atoms with Crippen LogP contribution in [0.3, 0.4) is 0 Å². The molecule has 13 aromatic rings. The molecule has 0 aliphatic heterocycles. The van der Waals surface area contributed by atoms with Gasteiger partial charge in [0.05, 0.1) is 27.6 Å². The van der Waals surface area contributed by atoms with Crippen LogP contribution in [0.4, 0.5) is 0 Å². The highest BCUT2D eigenvalue weighted by Gasteiger charge is 2.22. The fraction of sp³-hybridized carbons (Fsp3) is 0. The van der Waals surface area contributed by atoms with Crippen LogP contribution in [0, 0.1) is 0 Å². The molecule has 9 aromatic carbocycles. The maximum absolute atomic E-state index is 6.44. The standard InChI is InChI=1S/C58H36N6O/c1-4-16-38(17-5-1)55-60-56(62-57(61-55)48-26-15-27-49-54(48)65-58(59-49)39-18-6-2-7-19-39)41-21-14-20-40(36-41)37-30-32-43(33-31-37)64-51-29-13-11-25-45(51)47-35-34-46-44-24-10-12-28-50(44)63(52(46)53(47)64)42-22-8-3-9-23-42/h1-36H. The first-order valence-corrected chi connectivity index (χ1v) is 21.7. The Hall–Kier alpha value is -8.94. The molecule has 7 nitrogen and oxygen atoms in total. The Bertz CT molecular complexity index is 3930. The fourth-order valence-electron chi connectivity index (χ4n) is 9.43. The third kappa shape index (κ3) is 6.05. The summed E-state index contributed by atoms with van der Waals surface area (Å²) in [4.78, 5) is 20.0. The van der Waals surface area contributed by atoms with Gasteiger partial charge in [-0.15, -0.1) is 0 Å². The molecule has 7 heteroatoms. The molecule has 0 saturated carbocycles.